The van der Waals surface area contributed by atoms with Crippen molar-refractivity contribution < 1.29 is 9.21 Å². The van der Waals surface area contributed by atoms with E-state index in [9.17, 15) is 4.79 Å². The van der Waals surface area contributed by atoms with E-state index in [2.05, 4.69) is 32.7 Å². The highest BCUT2D eigenvalue weighted by Gasteiger charge is 2.03. The molecule has 1 aromatic rings. The normalized spacial score (nSPS) is 11.4. The summed E-state index contributed by atoms with van der Waals surface area (Å²) in [6.45, 7) is 3.23. The fourth-order valence-electron chi connectivity index (χ4n) is 1.75. The molecule has 22 heavy (non-hydrogen) atoms. The number of nitrogens with one attached hydrogen (secondary N) is 2. The van der Waals surface area contributed by atoms with E-state index >= 15 is 0 Å². The van der Waals surface area contributed by atoms with Gasteiger partial charge in [0.05, 0.1) is 0 Å². The van der Waals surface area contributed by atoms with Crippen molar-refractivity contribution in [3.8, 4) is 0 Å². The van der Waals surface area contributed by atoms with Gasteiger partial charge in [-0.1, -0.05) is 31.3 Å². The summed E-state index contributed by atoms with van der Waals surface area (Å²) in [6.07, 6.45) is 5.65. The number of anilines is 1. The highest BCUT2D eigenvalue weighted by atomic mass is 16.4. The molecule has 2 amide bonds. The molecule has 0 aliphatic rings. The van der Waals surface area contributed by atoms with Crippen LogP contribution in [-0.2, 0) is 6.42 Å². The maximum atomic E-state index is 11.5. The zero-order valence-electron chi connectivity index (χ0n) is 13.0. The van der Waals surface area contributed by atoms with Crippen LogP contribution in [0.2, 0.25) is 0 Å². The Bertz CT molecular complexity index is 473. The van der Waals surface area contributed by atoms with E-state index in [0.29, 0.717) is 31.8 Å². The van der Waals surface area contributed by atoms with Crippen LogP contribution in [0.5, 0.6) is 0 Å². The molecule has 1 rings (SSSR count). The first kappa shape index (κ1) is 17.7. The van der Waals surface area contributed by atoms with Gasteiger partial charge in [-0.2, -0.15) is 0 Å². The van der Waals surface area contributed by atoms with Crippen LogP contribution >= 0.6 is 0 Å². The molecule has 0 atom stereocenters. The molecule has 0 aliphatic carbocycles. The van der Waals surface area contributed by atoms with Crippen LogP contribution in [0.4, 0.5) is 10.8 Å². The molecule has 0 spiro atoms. The van der Waals surface area contributed by atoms with Crippen molar-refractivity contribution in [2.75, 3.05) is 18.8 Å². The Balaban J connectivity index is 2.10. The number of urea groups is 1. The summed E-state index contributed by atoms with van der Waals surface area (Å²) in [6, 6.07) is -0.280. The molecule has 9 heteroatoms. The number of aliphatic imine (C=N–C) groups is 1. The number of aromatic nitrogens is 2. The van der Waals surface area contributed by atoms with E-state index in [-0.39, 0.29) is 18.0 Å². The van der Waals surface area contributed by atoms with Gasteiger partial charge in [0.1, 0.15) is 0 Å². The monoisotopic (exact) mass is 311 g/mol. The summed E-state index contributed by atoms with van der Waals surface area (Å²) in [5.41, 5.74) is 10.9. The van der Waals surface area contributed by atoms with E-state index in [4.69, 9.17) is 15.9 Å². The summed E-state index contributed by atoms with van der Waals surface area (Å²) >= 11 is 0. The Morgan fingerprint density at radius 2 is 2.09 bits per heavy atom. The van der Waals surface area contributed by atoms with Gasteiger partial charge in [-0.3, -0.25) is 10.3 Å². The zero-order chi connectivity index (χ0) is 16.2. The van der Waals surface area contributed by atoms with Gasteiger partial charge < -0.3 is 21.2 Å². The molecule has 9 nitrogen and oxygen atoms in total. The summed E-state index contributed by atoms with van der Waals surface area (Å²) in [7, 11) is 0. The first-order chi connectivity index (χ1) is 10.6. The molecule has 0 saturated carbocycles. The standard InChI is InChI=1S/C13H25N7O2/c1-2-3-4-5-8-17-13(21)18-11(14)16-9-6-7-10-19-20-12(15)22-10/h2-9H2,1H3,(H2,15,20)(H4,14,16,17,18,21). The average molecular weight is 311 g/mol. The minimum absolute atomic E-state index is 0.0512. The molecule has 1 aromatic heterocycles. The van der Waals surface area contributed by atoms with Crippen molar-refractivity contribution in [1.82, 2.24) is 20.8 Å². The van der Waals surface area contributed by atoms with Gasteiger partial charge in [0.15, 0.2) is 5.96 Å². The van der Waals surface area contributed by atoms with Crippen LogP contribution in [0.25, 0.3) is 0 Å². The van der Waals surface area contributed by atoms with Crippen LogP contribution in [0, 0.1) is 0 Å². The number of hydrogen-bond acceptors (Lipinski definition) is 6. The number of carbonyl (C=O) groups is 1. The smallest absolute Gasteiger partial charge is 0.321 e. The lowest BCUT2D eigenvalue weighted by molar-refractivity contribution is 0.245. The minimum atomic E-state index is -0.331. The van der Waals surface area contributed by atoms with Crippen molar-refractivity contribution in [3.05, 3.63) is 5.89 Å². The first-order valence-electron chi connectivity index (χ1n) is 7.54. The highest BCUT2D eigenvalue weighted by Crippen LogP contribution is 2.03. The molecule has 6 N–H and O–H groups in total. The van der Waals surface area contributed by atoms with Crippen molar-refractivity contribution in [3.63, 3.8) is 0 Å². The summed E-state index contributed by atoms with van der Waals surface area (Å²) in [5.74, 6) is 0.556. The molecule has 0 radical (unpaired) electrons. The van der Waals surface area contributed by atoms with Crippen LogP contribution in [0.3, 0.4) is 0 Å². The van der Waals surface area contributed by atoms with E-state index < -0.39 is 0 Å². The van der Waals surface area contributed by atoms with Crippen LogP contribution in [-0.4, -0.2) is 35.3 Å². The number of unbranched alkanes of at least 4 members (excludes halogenated alkanes) is 3. The van der Waals surface area contributed by atoms with Gasteiger partial charge in [0.25, 0.3) is 0 Å². The molecular weight excluding hydrogens is 286 g/mol. The number of aryl methyl sites for hydroxylation is 1. The van der Waals surface area contributed by atoms with Gasteiger partial charge >= 0.3 is 12.0 Å². The largest absolute Gasteiger partial charge is 0.408 e. The number of amides is 2. The second kappa shape index (κ2) is 10.4. The second-order valence-corrected chi connectivity index (χ2v) is 4.85. The first-order valence-corrected chi connectivity index (χ1v) is 7.54. The lowest BCUT2D eigenvalue weighted by atomic mass is 10.2. The predicted octanol–water partition coefficient (Wildman–Crippen LogP) is 0.779. The molecular formula is C13H25N7O2. The van der Waals surface area contributed by atoms with E-state index in [1.807, 2.05) is 0 Å². The Morgan fingerprint density at radius 3 is 2.77 bits per heavy atom. The maximum absolute atomic E-state index is 11.5. The van der Waals surface area contributed by atoms with E-state index in [1.165, 1.54) is 12.8 Å². The summed E-state index contributed by atoms with van der Waals surface area (Å²) in [5, 5.41) is 12.5. The van der Waals surface area contributed by atoms with E-state index in [0.717, 1.165) is 12.8 Å². The Hall–Kier alpha value is -2.32. The molecule has 0 aromatic carbocycles. The maximum Gasteiger partial charge on any atom is 0.321 e. The van der Waals surface area contributed by atoms with Gasteiger partial charge in [-0.25, -0.2) is 4.79 Å². The lowest BCUT2D eigenvalue weighted by Crippen LogP contribution is -2.43. The number of nitrogen functional groups attached to an aromatic ring is 1. The quantitative estimate of drug-likeness (QED) is 0.301. The minimum Gasteiger partial charge on any atom is -0.408 e. The number of nitrogens with zero attached hydrogens (tertiary/aromatic N) is 3. The average Bonchev–Trinajstić information content (AvgIpc) is 2.89. The summed E-state index contributed by atoms with van der Waals surface area (Å²) in [4.78, 5) is 15.6. The highest BCUT2D eigenvalue weighted by molar-refractivity contribution is 5.95. The van der Waals surface area contributed by atoms with Gasteiger partial charge in [0.2, 0.25) is 5.89 Å². The third-order valence-electron chi connectivity index (χ3n) is 2.87. The molecule has 1 heterocycles. The second-order valence-electron chi connectivity index (χ2n) is 4.85. The van der Waals surface area contributed by atoms with E-state index in [1.54, 1.807) is 0 Å². The topological polar surface area (TPSA) is 144 Å². The third-order valence-corrected chi connectivity index (χ3v) is 2.87. The molecule has 0 unspecified atom stereocenters. The van der Waals surface area contributed by atoms with Crippen molar-refractivity contribution >= 4 is 18.0 Å². The Kier molecular flexibility index (Phi) is 8.39. The molecule has 0 fully saturated rings. The van der Waals surface area contributed by atoms with Gasteiger partial charge in [0, 0.05) is 19.5 Å². The van der Waals surface area contributed by atoms with Gasteiger partial charge in [-0.05, 0) is 12.8 Å². The number of guanidine groups is 1. The molecule has 124 valence electrons. The van der Waals surface area contributed by atoms with Crippen molar-refractivity contribution in [2.45, 2.75) is 45.4 Å². The number of hydrogen-bond donors (Lipinski definition) is 4. The number of nitrogens with two attached hydrogens (primary N) is 2. The van der Waals surface area contributed by atoms with Crippen molar-refractivity contribution in [1.29, 1.82) is 0 Å². The van der Waals surface area contributed by atoms with Crippen LogP contribution < -0.4 is 22.1 Å². The summed E-state index contributed by atoms with van der Waals surface area (Å²) < 4.78 is 5.02. The predicted molar refractivity (Wildman–Crippen MR) is 84.2 cm³/mol. The van der Waals surface area contributed by atoms with Crippen LogP contribution in [0.15, 0.2) is 9.41 Å². The number of carbonyl (C=O) groups excluding carboxylic acids is 1. The Labute approximate surface area is 129 Å². The van der Waals surface area contributed by atoms with Crippen molar-refractivity contribution in [2.24, 2.45) is 10.7 Å². The van der Waals surface area contributed by atoms with Crippen LogP contribution in [0.1, 0.15) is 44.9 Å². The van der Waals surface area contributed by atoms with Gasteiger partial charge in [-0.15, -0.1) is 5.10 Å². The Morgan fingerprint density at radius 1 is 1.27 bits per heavy atom. The molecule has 0 aliphatic heterocycles. The fraction of sp³-hybridized carbons (Fsp3) is 0.692. The SMILES string of the molecule is CCCCCCNC(=O)NC(N)=NCCCc1nnc(N)o1. The fourth-order valence-corrected chi connectivity index (χ4v) is 1.75. The zero-order valence-corrected chi connectivity index (χ0v) is 13.0. The third kappa shape index (κ3) is 8.08. The lowest BCUT2D eigenvalue weighted by Gasteiger charge is -2.06. The number of rotatable bonds is 9. The molecule has 0 bridgehead atoms. The molecule has 0 saturated heterocycles.